The van der Waals surface area contributed by atoms with Gasteiger partial charge in [-0.1, -0.05) is 0 Å². The van der Waals surface area contributed by atoms with Crippen molar-refractivity contribution in [2.45, 2.75) is 26.7 Å². The van der Waals surface area contributed by atoms with Crippen LogP contribution in [0.2, 0.25) is 0 Å². The normalized spacial score (nSPS) is 11.6. The molecule has 0 spiro atoms. The average Bonchev–Trinajstić information content (AvgIpc) is 2.22. The Kier molecular flexibility index (Phi) is 3.95. The van der Waals surface area contributed by atoms with Crippen LogP contribution < -0.4 is 0 Å². The molecule has 0 saturated heterocycles. The zero-order valence-electron chi connectivity index (χ0n) is 9.52. The molecule has 0 aliphatic carbocycles. The largest absolute Gasteiger partial charge is 0.465 e. The lowest BCUT2D eigenvalue weighted by Gasteiger charge is -2.10. The fourth-order valence-electron chi connectivity index (χ4n) is 1.35. The highest BCUT2D eigenvalue weighted by Crippen LogP contribution is 2.18. The summed E-state index contributed by atoms with van der Waals surface area (Å²) in [6.45, 7) is 5.45. The molecule has 0 N–H and O–H groups in total. The number of aromatic nitrogens is 2. The van der Waals surface area contributed by atoms with Crippen molar-refractivity contribution in [1.82, 2.24) is 9.97 Å². The van der Waals surface area contributed by atoms with Gasteiger partial charge in [0.1, 0.15) is 5.82 Å². The van der Waals surface area contributed by atoms with Crippen molar-refractivity contribution in [3.63, 3.8) is 0 Å². The molecule has 1 heterocycles. The maximum absolute atomic E-state index is 11.5. The second-order valence-electron chi connectivity index (χ2n) is 3.27. The number of hydrogen-bond acceptors (Lipinski definition) is 5. The minimum Gasteiger partial charge on any atom is -0.465 e. The van der Waals surface area contributed by atoms with Gasteiger partial charge in [-0.15, -0.1) is 0 Å². The van der Waals surface area contributed by atoms with Gasteiger partial charge < -0.3 is 4.74 Å². The fourth-order valence-corrected chi connectivity index (χ4v) is 1.35. The molecule has 16 heavy (non-hydrogen) atoms. The Bertz CT molecular complexity index is 437. The minimum atomic E-state index is -0.944. The van der Waals surface area contributed by atoms with Crippen LogP contribution >= 0.6 is 0 Å². The summed E-state index contributed by atoms with van der Waals surface area (Å²) in [6, 6.07) is 1.91. The van der Waals surface area contributed by atoms with Gasteiger partial charge in [0, 0.05) is 17.5 Å². The van der Waals surface area contributed by atoms with E-state index in [0.29, 0.717) is 17.1 Å². The number of nitrogens with zero attached hydrogens (tertiary/aromatic N) is 3. The lowest BCUT2D eigenvalue weighted by molar-refractivity contribution is -0.143. The van der Waals surface area contributed by atoms with Crippen molar-refractivity contribution in [2.75, 3.05) is 6.61 Å². The number of carbonyl (C=O) groups excluding carboxylic acids is 1. The molecular weight excluding hydrogens is 206 g/mol. The monoisotopic (exact) mass is 219 g/mol. The van der Waals surface area contributed by atoms with Crippen LogP contribution in [-0.4, -0.2) is 22.5 Å². The molecule has 0 amide bonds. The summed E-state index contributed by atoms with van der Waals surface area (Å²) in [5.41, 5.74) is 1.14. The van der Waals surface area contributed by atoms with Gasteiger partial charge in [-0.3, -0.25) is 4.79 Å². The Morgan fingerprint density at radius 1 is 1.62 bits per heavy atom. The third-order valence-corrected chi connectivity index (χ3v) is 2.10. The SMILES string of the molecule is CCOC(=O)C(C#N)c1cnc(C)nc1C. The second kappa shape index (κ2) is 5.21. The molecule has 1 unspecified atom stereocenters. The zero-order chi connectivity index (χ0) is 12.1. The molecule has 0 radical (unpaired) electrons. The summed E-state index contributed by atoms with van der Waals surface area (Å²) in [7, 11) is 0. The predicted octanol–water partition coefficient (Wildman–Crippen LogP) is 1.26. The van der Waals surface area contributed by atoms with Crippen LogP contribution in [0.1, 0.15) is 29.9 Å². The maximum Gasteiger partial charge on any atom is 0.328 e. The lowest BCUT2D eigenvalue weighted by Crippen LogP contribution is -2.16. The summed E-state index contributed by atoms with van der Waals surface area (Å²) in [5.74, 6) is -0.886. The summed E-state index contributed by atoms with van der Waals surface area (Å²) in [4.78, 5) is 19.6. The highest BCUT2D eigenvalue weighted by Gasteiger charge is 2.24. The first-order valence-electron chi connectivity index (χ1n) is 4.96. The number of esters is 1. The Morgan fingerprint density at radius 2 is 2.31 bits per heavy atom. The number of rotatable bonds is 3. The topological polar surface area (TPSA) is 75.9 Å². The van der Waals surface area contributed by atoms with Crippen LogP contribution in [0.25, 0.3) is 0 Å². The van der Waals surface area contributed by atoms with E-state index < -0.39 is 11.9 Å². The van der Waals surface area contributed by atoms with E-state index in [-0.39, 0.29) is 6.61 Å². The second-order valence-corrected chi connectivity index (χ2v) is 3.27. The summed E-state index contributed by atoms with van der Waals surface area (Å²) < 4.78 is 4.82. The van der Waals surface area contributed by atoms with E-state index in [4.69, 9.17) is 10.00 Å². The number of nitriles is 1. The molecule has 1 atom stereocenters. The van der Waals surface area contributed by atoms with Gasteiger partial charge in [0.25, 0.3) is 0 Å². The molecular formula is C11H13N3O2. The molecule has 1 rings (SSSR count). The van der Waals surface area contributed by atoms with Crippen molar-refractivity contribution < 1.29 is 9.53 Å². The third kappa shape index (κ3) is 2.54. The van der Waals surface area contributed by atoms with Crippen LogP contribution in [0.3, 0.4) is 0 Å². The molecule has 0 saturated carbocycles. The number of hydrogen-bond donors (Lipinski definition) is 0. The van der Waals surface area contributed by atoms with E-state index in [2.05, 4.69) is 9.97 Å². The molecule has 84 valence electrons. The maximum atomic E-state index is 11.5. The summed E-state index contributed by atoms with van der Waals surface area (Å²) in [5, 5.41) is 8.96. The molecule has 0 aliphatic heterocycles. The number of aryl methyl sites for hydroxylation is 2. The molecule has 0 aromatic carbocycles. The zero-order valence-corrected chi connectivity index (χ0v) is 9.52. The van der Waals surface area contributed by atoms with E-state index in [0.717, 1.165) is 0 Å². The van der Waals surface area contributed by atoms with Crippen molar-refractivity contribution in [2.24, 2.45) is 0 Å². The van der Waals surface area contributed by atoms with Gasteiger partial charge in [0.05, 0.1) is 12.7 Å². The number of carbonyl (C=O) groups is 1. The van der Waals surface area contributed by atoms with E-state index in [1.54, 1.807) is 20.8 Å². The molecule has 0 fully saturated rings. The third-order valence-electron chi connectivity index (χ3n) is 2.10. The standard InChI is InChI=1S/C11H13N3O2/c1-4-16-11(15)9(5-12)10-6-13-8(3)14-7(10)2/h6,9H,4H2,1-3H3. The molecule has 0 bridgehead atoms. The van der Waals surface area contributed by atoms with E-state index in [1.807, 2.05) is 6.07 Å². The van der Waals surface area contributed by atoms with Crippen molar-refractivity contribution in [3.8, 4) is 6.07 Å². The van der Waals surface area contributed by atoms with Gasteiger partial charge in [0.15, 0.2) is 5.92 Å². The Balaban J connectivity index is 3.05. The van der Waals surface area contributed by atoms with E-state index >= 15 is 0 Å². The van der Waals surface area contributed by atoms with Crippen molar-refractivity contribution >= 4 is 5.97 Å². The van der Waals surface area contributed by atoms with Crippen LogP contribution in [0.15, 0.2) is 6.20 Å². The van der Waals surface area contributed by atoms with Crippen molar-refractivity contribution in [1.29, 1.82) is 5.26 Å². The van der Waals surface area contributed by atoms with Crippen LogP contribution in [0.4, 0.5) is 0 Å². The highest BCUT2D eigenvalue weighted by atomic mass is 16.5. The van der Waals surface area contributed by atoms with Gasteiger partial charge in [-0.05, 0) is 20.8 Å². The predicted molar refractivity (Wildman–Crippen MR) is 56.5 cm³/mol. The summed E-state index contributed by atoms with van der Waals surface area (Å²) in [6.07, 6.45) is 1.50. The molecule has 0 aliphatic rings. The molecule has 1 aromatic heterocycles. The first-order chi connectivity index (χ1) is 7.60. The summed E-state index contributed by atoms with van der Waals surface area (Å²) >= 11 is 0. The first kappa shape index (κ1) is 12.1. The Labute approximate surface area is 94.1 Å². The van der Waals surface area contributed by atoms with Gasteiger partial charge >= 0.3 is 5.97 Å². The smallest absolute Gasteiger partial charge is 0.328 e. The molecule has 5 nitrogen and oxygen atoms in total. The Morgan fingerprint density at radius 3 is 2.81 bits per heavy atom. The first-order valence-corrected chi connectivity index (χ1v) is 4.96. The quantitative estimate of drug-likeness (QED) is 0.715. The molecule has 1 aromatic rings. The molecule has 5 heteroatoms. The number of ether oxygens (including phenoxy) is 1. The van der Waals surface area contributed by atoms with Gasteiger partial charge in [0.2, 0.25) is 0 Å². The highest BCUT2D eigenvalue weighted by molar-refractivity contribution is 5.81. The Hall–Kier alpha value is -1.96. The van der Waals surface area contributed by atoms with Gasteiger partial charge in [-0.25, -0.2) is 9.97 Å². The van der Waals surface area contributed by atoms with Gasteiger partial charge in [-0.2, -0.15) is 5.26 Å². The van der Waals surface area contributed by atoms with E-state index in [1.165, 1.54) is 6.20 Å². The lowest BCUT2D eigenvalue weighted by atomic mass is 10.0. The fraction of sp³-hybridized carbons (Fsp3) is 0.455. The van der Waals surface area contributed by atoms with Crippen molar-refractivity contribution in [3.05, 3.63) is 23.3 Å². The average molecular weight is 219 g/mol. The van der Waals surface area contributed by atoms with Crippen LogP contribution in [-0.2, 0) is 9.53 Å². The van der Waals surface area contributed by atoms with Crippen LogP contribution in [0, 0.1) is 25.2 Å². The van der Waals surface area contributed by atoms with E-state index in [9.17, 15) is 4.79 Å². The van der Waals surface area contributed by atoms with Crippen LogP contribution in [0.5, 0.6) is 0 Å². The minimum absolute atomic E-state index is 0.253.